The lowest BCUT2D eigenvalue weighted by atomic mass is 10.1. The van der Waals surface area contributed by atoms with Crippen molar-refractivity contribution in [2.45, 2.75) is 32.2 Å². The molecule has 4 rings (SSSR count). The number of oxazole rings is 1. The zero-order valence-corrected chi connectivity index (χ0v) is 13.8. The fourth-order valence-corrected chi connectivity index (χ4v) is 3.19. The van der Waals surface area contributed by atoms with Gasteiger partial charge in [-0.15, -0.1) is 0 Å². The van der Waals surface area contributed by atoms with Gasteiger partial charge < -0.3 is 14.1 Å². The van der Waals surface area contributed by atoms with Gasteiger partial charge in [0.2, 0.25) is 5.89 Å². The molecule has 126 valence electrons. The second-order valence-electron chi connectivity index (χ2n) is 6.63. The zero-order valence-electron chi connectivity index (χ0n) is 13.8. The molecule has 1 aliphatic heterocycles. The smallest absolute Gasteiger partial charge is 0.276 e. The number of morpholine rings is 1. The number of rotatable bonds is 4. The second kappa shape index (κ2) is 6.36. The van der Waals surface area contributed by atoms with Crippen LogP contribution in [0.1, 0.15) is 35.4 Å². The molecular formula is C18H21N3O3. The van der Waals surface area contributed by atoms with Gasteiger partial charge in [0, 0.05) is 24.0 Å². The lowest BCUT2D eigenvalue weighted by Crippen LogP contribution is -2.49. The summed E-state index contributed by atoms with van der Waals surface area (Å²) in [5.74, 6) is 1.14. The Kier molecular flexibility index (Phi) is 4.06. The van der Waals surface area contributed by atoms with E-state index >= 15 is 0 Å². The Labute approximate surface area is 140 Å². The van der Waals surface area contributed by atoms with Crippen LogP contribution in [0.4, 0.5) is 0 Å². The molecule has 24 heavy (non-hydrogen) atoms. The van der Waals surface area contributed by atoms with Gasteiger partial charge in [-0.3, -0.25) is 9.78 Å². The Bertz CT molecular complexity index is 739. The van der Waals surface area contributed by atoms with Crippen LogP contribution in [0.25, 0.3) is 11.5 Å². The molecule has 2 aromatic heterocycles. The second-order valence-corrected chi connectivity index (χ2v) is 6.63. The van der Waals surface area contributed by atoms with E-state index in [0.717, 1.165) is 23.6 Å². The maximum atomic E-state index is 12.9. The Balaban J connectivity index is 1.53. The minimum atomic E-state index is -0.0651. The average Bonchev–Trinajstić information content (AvgIpc) is 3.27. The predicted molar refractivity (Wildman–Crippen MR) is 87.5 cm³/mol. The monoisotopic (exact) mass is 327 g/mol. The first-order chi connectivity index (χ1) is 11.7. The number of carbonyl (C=O) groups excluding carboxylic acids is 1. The van der Waals surface area contributed by atoms with Gasteiger partial charge in [0.25, 0.3) is 5.91 Å². The van der Waals surface area contributed by atoms with Crippen LogP contribution in [0, 0.1) is 12.8 Å². The van der Waals surface area contributed by atoms with E-state index in [-0.39, 0.29) is 11.9 Å². The number of aryl methyl sites for hydroxylation is 1. The summed E-state index contributed by atoms with van der Waals surface area (Å²) in [7, 11) is 0. The van der Waals surface area contributed by atoms with E-state index in [4.69, 9.17) is 9.15 Å². The summed E-state index contributed by atoms with van der Waals surface area (Å²) in [5.41, 5.74) is 2.08. The summed E-state index contributed by atoms with van der Waals surface area (Å²) in [4.78, 5) is 23.3. The minimum Gasteiger partial charge on any atom is -0.444 e. The molecule has 1 atom stereocenters. The summed E-state index contributed by atoms with van der Waals surface area (Å²) >= 11 is 0. The van der Waals surface area contributed by atoms with Crippen LogP contribution in [-0.2, 0) is 4.74 Å². The first-order valence-electron chi connectivity index (χ1n) is 8.48. The van der Waals surface area contributed by atoms with E-state index < -0.39 is 0 Å². The summed E-state index contributed by atoms with van der Waals surface area (Å²) in [6, 6.07) is 3.88. The van der Waals surface area contributed by atoms with Crippen molar-refractivity contribution in [3.63, 3.8) is 0 Å². The van der Waals surface area contributed by atoms with Crippen molar-refractivity contribution in [2.24, 2.45) is 5.92 Å². The topological polar surface area (TPSA) is 68.5 Å². The summed E-state index contributed by atoms with van der Waals surface area (Å²) in [5, 5.41) is 0. The van der Waals surface area contributed by atoms with Gasteiger partial charge in [-0.25, -0.2) is 4.98 Å². The molecule has 1 amide bonds. The van der Waals surface area contributed by atoms with E-state index in [1.54, 1.807) is 6.20 Å². The number of hydrogen-bond acceptors (Lipinski definition) is 5. The number of nitrogens with zero attached hydrogens (tertiary/aromatic N) is 3. The first kappa shape index (κ1) is 15.3. The predicted octanol–water partition coefficient (Wildman–Crippen LogP) is 2.69. The highest BCUT2D eigenvalue weighted by molar-refractivity contribution is 5.92. The van der Waals surface area contributed by atoms with Gasteiger partial charge in [0.05, 0.1) is 19.3 Å². The zero-order chi connectivity index (χ0) is 16.5. The number of pyridine rings is 1. The van der Waals surface area contributed by atoms with E-state index in [1.165, 1.54) is 19.1 Å². The molecule has 0 aromatic carbocycles. The largest absolute Gasteiger partial charge is 0.444 e. The maximum Gasteiger partial charge on any atom is 0.276 e. The molecule has 1 unspecified atom stereocenters. The fourth-order valence-electron chi connectivity index (χ4n) is 3.19. The Morgan fingerprint density at radius 3 is 3.08 bits per heavy atom. The van der Waals surface area contributed by atoms with Crippen LogP contribution < -0.4 is 0 Å². The Morgan fingerprint density at radius 2 is 2.29 bits per heavy atom. The molecular weight excluding hydrogens is 306 g/mol. The molecule has 2 aromatic rings. The highest BCUT2D eigenvalue weighted by Gasteiger charge is 2.34. The minimum absolute atomic E-state index is 0.0651. The van der Waals surface area contributed by atoms with Crippen LogP contribution >= 0.6 is 0 Å². The van der Waals surface area contributed by atoms with E-state index in [1.807, 2.05) is 24.0 Å². The molecule has 3 heterocycles. The highest BCUT2D eigenvalue weighted by Crippen LogP contribution is 2.35. The molecule has 6 heteroatoms. The normalized spacial score (nSPS) is 21.0. The Hall–Kier alpha value is -2.21. The van der Waals surface area contributed by atoms with E-state index in [2.05, 4.69) is 9.97 Å². The highest BCUT2D eigenvalue weighted by atomic mass is 16.5. The average molecular weight is 327 g/mol. The molecule has 6 nitrogen and oxygen atoms in total. The van der Waals surface area contributed by atoms with Crippen LogP contribution in [0.2, 0.25) is 0 Å². The molecule has 1 aliphatic carbocycles. The molecule has 0 bridgehead atoms. The van der Waals surface area contributed by atoms with Crippen LogP contribution in [-0.4, -0.2) is 46.6 Å². The van der Waals surface area contributed by atoms with Crippen molar-refractivity contribution in [3.05, 3.63) is 36.0 Å². The lowest BCUT2D eigenvalue weighted by molar-refractivity contribution is -0.00599. The van der Waals surface area contributed by atoms with Crippen molar-refractivity contribution in [3.8, 4) is 11.5 Å². The van der Waals surface area contributed by atoms with Gasteiger partial charge in [-0.1, -0.05) is 12.8 Å². The fraction of sp³-hybridized carbons (Fsp3) is 0.500. The molecule has 0 radical (unpaired) electrons. The lowest BCUT2D eigenvalue weighted by Gasteiger charge is -2.35. The third kappa shape index (κ3) is 3.19. The van der Waals surface area contributed by atoms with Gasteiger partial charge in [0.1, 0.15) is 6.26 Å². The SMILES string of the molecule is Cc1cc(-c2nc(C(=O)N3CCOCC3CC3CC3)co2)ccn1. The molecule has 2 fully saturated rings. The van der Waals surface area contributed by atoms with Gasteiger partial charge in [-0.05, 0) is 31.4 Å². The van der Waals surface area contributed by atoms with Crippen LogP contribution in [0.15, 0.2) is 29.0 Å². The van der Waals surface area contributed by atoms with Gasteiger partial charge in [-0.2, -0.15) is 0 Å². The first-order valence-corrected chi connectivity index (χ1v) is 8.48. The molecule has 2 aliphatic rings. The molecule has 0 spiro atoms. The maximum absolute atomic E-state index is 12.9. The van der Waals surface area contributed by atoms with Gasteiger partial charge >= 0.3 is 0 Å². The quantitative estimate of drug-likeness (QED) is 0.863. The van der Waals surface area contributed by atoms with Crippen molar-refractivity contribution >= 4 is 5.91 Å². The molecule has 0 N–H and O–H groups in total. The van der Waals surface area contributed by atoms with E-state index in [0.29, 0.717) is 31.3 Å². The van der Waals surface area contributed by atoms with Crippen molar-refractivity contribution in [2.75, 3.05) is 19.8 Å². The number of hydrogen-bond donors (Lipinski definition) is 0. The number of carbonyl (C=O) groups is 1. The van der Waals surface area contributed by atoms with Gasteiger partial charge in [0.15, 0.2) is 5.69 Å². The van der Waals surface area contributed by atoms with Crippen molar-refractivity contribution < 1.29 is 13.9 Å². The summed E-state index contributed by atoms with van der Waals surface area (Å²) in [6.45, 7) is 3.74. The van der Waals surface area contributed by atoms with Crippen LogP contribution in [0.3, 0.4) is 0 Å². The third-order valence-corrected chi connectivity index (χ3v) is 4.66. The molecule has 1 saturated heterocycles. The number of aromatic nitrogens is 2. The number of amides is 1. The summed E-state index contributed by atoms with van der Waals surface area (Å²) < 4.78 is 11.1. The summed E-state index contributed by atoms with van der Waals surface area (Å²) in [6.07, 6.45) is 6.74. The van der Waals surface area contributed by atoms with E-state index in [9.17, 15) is 4.79 Å². The number of ether oxygens (including phenoxy) is 1. The Morgan fingerprint density at radius 1 is 1.42 bits per heavy atom. The van der Waals surface area contributed by atoms with Crippen molar-refractivity contribution in [1.82, 2.24) is 14.9 Å². The van der Waals surface area contributed by atoms with Crippen LogP contribution in [0.5, 0.6) is 0 Å². The third-order valence-electron chi connectivity index (χ3n) is 4.66. The molecule has 1 saturated carbocycles. The standard InChI is InChI=1S/C18H21N3O3/c1-12-8-14(4-5-19-12)17-20-16(11-24-17)18(22)21-6-7-23-10-15(21)9-13-2-3-13/h4-5,8,11,13,15H,2-3,6-7,9-10H2,1H3. The van der Waals surface area contributed by atoms with Crippen molar-refractivity contribution in [1.29, 1.82) is 0 Å².